The first-order valence-electron chi connectivity index (χ1n) is 8.79. The van der Waals surface area contributed by atoms with Gasteiger partial charge in [0, 0.05) is 38.3 Å². The Balaban J connectivity index is 1.57. The second kappa shape index (κ2) is 7.92. The van der Waals surface area contributed by atoms with E-state index in [4.69, 9.17) is 11.6 Å². The van der Waals surface area contributed by atoms with Crippen LogP contribution in [-0.4, -0.2) is 54.4 Å². The Morgan fingerprint density at radius 3 is 2.59 bits per heavy atom. The number of anilines is 1. The van der Waals surface area contributed by atoms with Crippen LogP contribution in [0.3, 0.4) is 0 Å². The Hall–Kier alpha value is -2.03. The lowest BCUT2D eigenvalue weighted by atomic mass is 10.2. The molecule has 1 N–H and O–H groups in total. The lowest BCUT2D eigenvalue weighted by Gasteiger charge is -2.24. The van der Waals surface area contributed by atoms with Gasteiger partial charge in [-0.05, 0) is 25.3 Å². The first kappa shape index (κ1) is 19.7. The SMILES string of the molecule is O=C(NCC(=O)N1CCCN(c2ncc(C(F)(F)F)cc2Cl)CC1)C1CC1. The fraction of sp³-hybridized carbons (Fsp3) is 0.588. The number of nitrogens with zero attached hydrogens (tertiary/aromatic N) is 3. The number of aromatic nitrogens is 1. The predicted molar refractivity (Wildman–Crippen MR) is 93.4 cm³/mol. The average molecular weight is 405 g/mol. The van der Waals surface area contributed by atoms with Crippen LogP contribution in [0.2, 0.25) is 5.02 Å². The maximum Gasteiger partial charge on any atom is 0.417 e. The van der Waals surface area contributed by atoms with Crippen LogP contribution in [0.1, 0.15) is 24.8 Å². The van der Waals surface area contributed by atoms with Crippen molar-refractivity contribution in [3.8, 4) is 0 Å². The Labute approximate surface area is 159 Å². The molecule has 2 aliphatic rings. The summed E-state index contributed by atoms with van der Waals surface area (Å²) in [6, 6.07) is 0.866. The summed E-state index contributed by atoms with van der Waals surface area (Å²) in [6.45, 7) is 1.79. The van der Waals surface area contributed by atoms with Crippen molar-refractivity contribution in [2.75, 3.05) is 37.6 Å². The molecule has 0 bridgehead atoms. The van der Waals surface area contributed by atoms with Crippen LogP contribution in [0.4, 0.5) is 19.0 Å². The van der Waals surface area contributed by atoms with Crippen LogP contribution < -0.4 is 10.2 Å². The lowest BCUT2D eigenvalue weighted by molar-refractivity contribution is -0.137. The van der Waals surface area contributed by atoms with E-state index in [0.717, 1.165) is 25.1 Å². The topological polar surface area (TPSA) is 65.5 Å². The van der Waals surface area contributed by atoms with Crippen molar-refractivity contribution in [3.05, 3.63) is 22.8 Å². The molecule has 0 spiro atoms. The van der Waals surface area contributed by atoms with E-state index < -0.39 is 11.7 Å². The fourth-order valence-electron chi connectivity index (χ4n) is 2.96. The third kappa shape index (κ3) is 5.03. The van der Waals surface area contributed by atoms with Crippen molar-refractivity contribution >= 4 is 29.2 Å². The summed E-state index contributed by atoms with van der Waals surface area (Å²) in [4.78, 5) is 31.2. The highest BCUT2D eigenvalue weighted by molar-refractivity contribution is 6.33. The Morgan fingerprint density at radius 2 is 1.96 bits per heavy atom. The molecule has 2 fully saturated rings. The van der Waals surface area contributed by atoms with E-state index in [1.807, 2.05) is 0 Å². The average Bonchev–Trinajstić information content (AvgIpc) is 3.45. The second-order valence-electron chi connectivity index (χ2n) is 6.74. The van der Waals surface area contributed by atoms with Crippen LogP contribution in [0.15, 0.2) is 12.3 Å². The molecule has 1 aliphatic carbocycles. The molecular weight excluding hydrogens is 385 g/mol. The highest BCUT2D eigenvalue weighted by Crippen LogP contribution is 2.33. The highest BCUT2D eigenvalue weighted by atomic mass is 35.5. The minimum absolute atomic E-state index is 0.0331. The Kier molecular flexibility index (Phi) is 5.78. The van der Waals surface area contributed by atoms with Gasteiger partial charge in [0.15, 0.2) is 0 Å². The molecule has 0 unspecified atom stereocenters. The van der Waals surface area contributed by atoms with Gasteiger partial charge in [0.2, 0.25) is 11.8 Å². The van der Waals surface area contributed by atoms with Crippen LogP contribution in [0, 0.1) is 5.92 Å². The summed E-state index contributed by atoms with van der Waals surface area (Å²) in [6.07, 6.45) is -1.36. The van der Waals surface area contributed by atoms with Crippen molar-refractivity contribution in [1.29, 1.82) is 0 Å². The summed E-state index contributed by atoms with van der Waals surface area (Å²) in [5, 5.41) is 2.58. The number of carbonyl (C=O) groups is 2. The largest absolute Gasteiger partial charge is 0.417 e. The van der Waals surface area contributed by atoms with Crippen molar-refractivity contribution in [3.63, 3.8) is 0 Å². The van der Waals surface area contributed by atoms with E-state index in [1.165, 1.54) is 0 Å². The van der Waals surface area contributed by atoms with E-state index in [0.29, 0.717) is 32.6 Å². The van der Waals surface area contributed by atoms with Gasteiger partial charge in [0.05, 0.1) is 17.1 Å². The van der Waals surface area contributed by atoms with Crippen molar-refractivity contribution in [1.82, 2.24) is 15.2 Å². The summed E-state index contributed by atoms with van der Waals surface area (Å²) in [5.41, 5.74) is -0.894. The molecule has 0 radical (unpaired) electrons. The Morgan fingerprint density at radius 1 is 1.22 bits per heavy atom. The van der Waals surface area contributed by atoms with E-state index in [2.05, 4.69) is 10.3 Å². The highest BCUT2D eigenvalue weighted by Gasteiger charge is 2.32. The van der Waals surface area contributed by atoms with Crippen molar-refractivity contribution in [2.24, 2.45) is 5.92 Å². The maximum absolute atomic E-state index is 12.7. The number of carbonyl (C=O) groups excluding carboxylic acids is 2. The molecule has 10 heteroatoms. The third-order valence-corrected chi connectivity index (χ3v) is 4.94. The van der Waals surface area contributed by atoms with Gasteiger partial charge in [-0.15, -0.1) is 0 Å². The van der Waals surface area contributed by atoms with Gasteiger partial charge in [-0.25, -0.2) is 4.98 Å². The van der Waals surface area contributed by atoms with Crippen LogP contribution >= 0.6 is 11.6 Å². The number of hydrogen-bond donors (Lipinski definition) is 1. The molecule has 148 valence electrons. The maximum atomic E-state index is 12.7. The number of rotatable bonds is 4. The standard InChI is InChI=1S/C17H20ClF3N4O2/c18-13-8-12(17(19,20)21)9-22-15(13)25-5-1-4-24(6-7-25)14(26)10-23-16(27)11-2-3-11/h8-9,11H,1-7,10H2,(H,23,27). The second-order valence-corrected chi connectivity index (χ2v) is 7.15. The van der Waals surface area contributed by atoms with Gasteiger partial charge in [-0.1, -0.05) is 11.6 Å². The monoisotopic (exact) mass is 404 g/mol. The molecule has 1 aliphatic heterocycles. The minimum Gasteiger partial charge on any atom is -0.354 e. The third-order valence-electron chi connectivity index (χ3n) is 4.66. The molecule has 6 nitrogen and oxygen atoms in total. The molecule has 1 saturated heterocycles. The molecular formula is C17H20ClF3N4O2. The quantitative estimate of drug-likeness (QED) is 0.836. The number of halogens is 4. The summed E-state index contributed by atoms with van der Waals surface area (Å²) in [5.74, 6) is 0.0733. The first-order valence-corrected chi connectivity index (χ1v) is 9.16. The predicted octanol–water partition coefficient (Wildman–Crippen LogP) is 2.32. The molecule has 1 aromatic heterocycles. The molecule has 1 aromatic rings. The number of hydrogen-bond acceptors (Lipinski definition) is 4. The molecule has 2 amide bonds. The molecule has 1 saturated carbocycles. The Bertz CT molecular complexity index is 725. The number of nitrogens with one attached hydrogen (secondary N) is 1. The van der Waals surface area contributed by atoms with Gasteiger partial charge in [0.25, 0.3) is 0 Å². The van der Waals surface area contributed by atoms with Crippen LogP contribution in [0.5, 0.6) is 0 Å². The zero-order valence-corrected chi connectivity index (χ0v) is 15.3. The molecule has 3 rings (SSSR count). The first-order chi connectivity index (χ1) is 12.8. The minimum atomic E-state index is -4.50. The van der Waals surface area contributed by atoms with Gasteiger partial charge >= 0.3 is 6.18 Å². The van der Waals surface area contributed by atoms with Crippen LogP contribution in [0.25, 0.3) is 0 Å². The van der Waals surface area contributed by atoms with E-state index >= 15 is 0 Å². The molecule has 27 heavy (non-hydrogen) atoms. The van der Waals surface area contributed by atoms with E-state index in [-0.39, 0.29) is 35.1 Å². The zero-order valence-electron chi connectivity index (χ0n) is 14.6. The fourth-order valence-corrected chi connectivity index (χ4v) is 3.25. The number of pyridine rings is 1. The van der Waals surface area contributed by atoms with E-state index in [9.17, 15) is 22.8 Å². The van der Waals surface area contributed by atoms with E-state index in [1.54, 1.807) is 9.80 Å². The molecule has 0 aromatic carbocycles. The van der Waals surface area contributed by atoms with Crippen molar-refractivity contribution < 1.29 is 22.8 Å². The number of alkyl halides is 3. The van der Waals surface area contributed by atoms with Crippen LogP contribution in [-0.2, 0) is 15.8 Å². The smallest absolute Gasteiger partial charge is 0.354 e. The van der Waals surface area contributed by atoms with Gasteiger partial charge in [-0.3, -0.25) is 9.59 Å². The normalized spacial score (nSPS) is 18.2. The van der Waals surface area contributed by atoms with Gasteiger partial charge < -0.3 is 15.1 Å². The summed E-state index contributed by atoms with van der Waals surface area (Å²) in [7, 11) is 0. The summed E-state index contributed by atoms with van der Waals surface area (Å²) >= 11 is 6.01. The summed E-state index contributed by atoms with van der Waals surface area (Å²) < 4.78 is 38.2. The lowest BCUT2D eigenvalue weighted by Crippen LogP contribution is -2.42. The number of amides is 2. The van der Waals surface area contributed by atoms with Gasteiger partial charge in [0.1, 0.15) is 5.82 Å². The van der Waals surface area contributed by atoms with Crippen molar-refractivity contribution in [2.45, 2.75) is 25.4 Å². The zero-order chi connectivity index (χ0) is 19.6. The molecule has 2 heterocycles. The van der Waals surface area contributed by atoms with Gasteiger partial charge in [-0.2, -0.15) is 13.2 Å². The molecule has 0 atom stereocenters.